The number of hydrogen-bond donors (Lipinski definition) is 0. The van der Waals surface area contributed by atoms with E-state index in [9.17, 15) is 0 Å². The molecule has 0 radical (unpaired) electrons. The van der Waals surface area contributed by atoms with E-state index in [-0.39, 0.29) is 6.10 Å². The Hall–Kier alpha value is -2.68. The molecule has 1 aliphatic rings. The lowest BCUT2D eigenvalue weighted by Crippen LogP contribution is -2.10. The average molecular weight is 260 g/mol. The van der Waals surface area contributed by atoms with Gasteiger partial charge in [-0.2, -0.15) is 0 Å². The highest BCUT2D eigenvalue weighted by Gasteiger charge is 2.17. The maximum absolute atomic E-state index is 5.98. The predicted molar refractivity (Wildman–Crippen MR) is 78.4 cm³/mol. The molecule has 1 unspecified atom stereocenters. The van der Waals surface area contributed by atoms with Gasteiger partial charge in [-0.1, -0.05) is 36.4 Å². The summed E-state index contributed by atoms with van der Waals surface area (Å²) >= 11 is 0. The van der Waals surface area contributed by atoms with Gasteiger partial charge in [-0.25, -0.2) is 4.98 Å². The van der Waals surface area contributed by atoms with Crippen LogP contribution in [0.5, 0.6) is 5.75 Å². The summed E-state index contributed by atoms with van der Waals surface area (Å²) < 4.78 is 5.98. The molecule has 0 N–H and O–H groups in total. The molecule has 0 amide bonds. The molecule has 1 atom stereocenters. The Bertz CT molecular complexity index is 811. The summed E-state index contributed by atoms with van der Waals surface area (Å²) in [5, 5.41) is 0. The molecule has 96 valence electrons. The second-order valence-corrected chi connectivity index (χ2v) is 4.72. The highest BCUT2D eigenvalue weighted by Crippen LogP contribution is 2.31. The summed E-state index contributed by atoms with van der Waals surface area (Å²) in [5.74, 6) is 0.884. The van der Waals surface area contributed by atoms with Gasteiger partial charge in [-0.05, 0) is 24.3 Å². The Balaban J connectivity index is 1.74. The summed E-state index contributed by atoms with van der Waals surface area (Å²) in [7, 11) is 0. The first-order chi connectivity index (χ1) is 9.90. The van der Waals surface area contributed by atoms with E-state index in [0.717, 1.165) is 28.0 Å². The third kappa shape index (κ3) is 1.84. The van der Waals surface area contributed by atoms with Crippen molar-refractivity contribution in [2.24, 2.45) is 0 Å². The average Bonchev–Trinajstić information content (AvgIpc) is 2.54. The number of ether oxygens (including phenoxy) is 1. The molecule has 3 heteroatoms. The van der Waals surface area contributed by atoms with Crippen molar-refractivity contribution in [3.05, 3.63) is 72.1 Å². The van der Waals surface area contributed by atoms with Crippen molar-refractivity contribution in [2.75, 3.05) is 0 Å². The minimum absolute atomic E-state index is 0.179. The maximum Gasteiger partial charge on any atom is 0.161 e. The van der Waals surface area contributed by atoms with Gasteiger partial charge in [0.05, 0.1) is 17.2 Å². The van der Waals surface area contributed by atoms with Gasteiger partial charge in [0, 0.05) is 5.56 Å². The molecule has 0 aliphatic carbocycles. The van der Waals surface area contributed by atoms with Gasteiger partial charge in [0.25, 0.3) is 0 Å². The van der Waals surface area contributed by atoms with Crippen molar-refractivity contribution in [3.8, 4) is 5.75 Å². The third-order valence-corrected chi connectivity index (χ3v) is 3.38. The highest BCUT2D eigenvalue weighted by atomic mass is 16.5. The Morgan fingerprint density at radius 1 is 0.900 bits per heavy atom. The standard InChI is InChI=1S/C17H12N2O/c1-4-8-16-12(5-1)9-10-17(20-16)15-11-18-13-6-2-3-7-14(13)19-15/h1-11,17H. The van der Waals surface area contributed by atoms with Crippen LogP contribution in [0.15, 0.2) is 60.8 Å². The van der Waals surface area contributed by atoms with Crippen LogP contribution in [0.1, 0.15) is 17.4 Å². The fourth-order valence-corrected chi connectivity index (χ4v) is 2.36. The van der Waals surface area contributed by atoms with Crippen LogP contribution in [-0.4, -0.2) is 9.97 Å². The molecule has 2 aromatic carbocycles. The second kappa shape index (κ2) is 4.46. The van der Waals surface area contributed by atoms with E-state index in [4.69, 9.17) is 4.74 Å². The molecule has 0 bridgehead atoms. The maximum atomic E-state index is 5.98. The van der Waals surface area contributed by atoms with Crippen LogP contribution < -0.4 is 4.74 Å². The smallest absolute Gasteiger partial charge is 0.161 e. The number of benzene rings is 2. The molecule has 0 fully saturated rings. The summed E-state index contributed by atoms with van der Waals surface area (Å²) in [6, 6.07) is 15.8. The number of nitrogens with zero attached hydrogens (tertiary/aromatic N) is 2. The highest BCUT2D eigenvalue weighted by molar-refractivity contribution is 5.73. The normalized spacial score (nSPS) is 16.7. The second-order valence-electron chi connectivity index (χ2n) is 4.72. The van der Waals surface area contributed by atoms with E-state index >= 15 is 0 Å². The molecule has 0 spiro atoms. The SMILES string of the molecule is C1=CC(c2cnc3ccccc3n2)Oc2ccccc21. The van der Waals surface area contributed by atoms with E-state index in [1.807, 2.05) is 54.6 Å². The van der Waals surface area contributed by atoms with Crippen molar-refractivity contribution >= 4 is 17.1 Å². The van der Waals surface area contributed by atoms with E-state index in [1.54, 1.807) is 6.20 Å². The van der Waals surface area contributed by atoms with Gasteiger partial charge in [-0.3, -0.25) is 4.98 Å². The lowest BCUT2D eigenvalue weighted by Gasteiger charge is -2.20. The van der Waals surface area contributed by atoms with E-state index in [2.05, 4.69) is 16.0 Å². The Morgan fingerprint density at radius 2 is 1.70 bits per heavy atom. The molecule has 4 rings (SSSR count). The molecule has 0 saturated heterocycles. The van der Waals surface area contributed by atoms with Crippen molar-refractivity contribution in [3.63, 3.8) is 0 Å². The number of hydrogen-bond acceptors (Lipinski definition) is 3. The summed E-state index contributed by atoms with van der Waals surface area (Å²) in [6.07, 6.45) is 5.69. The summed E-state index contributed by atoms with van der Waals surface area (Å²) in [6.45, 7) is 0. The first-order valence-electron chi connectivity index (χ1n) is 6.56. The fraction of sp³-hybridized carbons (Fsp3) is 0.0588. The molecule has 3 aromatic rings. The van der Waals surface area contributed by atoms with Crippen LogP contribution in [0.3, 0.4) is 0 Å². The number of aromatic nitrogens is 2. The van der Waals surface area contributed by atoms with Gasteiger partial charge in [-0.15, -0.1) is 0 Å². The molecule has 1 aromatic heterocycles. The lowest BCUT2D eigenvalue weighted by molar-refractivity contribution is 0.247. The minimum atomic E-state index is -0.179. The lowest BCUT2D eigenvalue weighted by atomic mass is 10.1. The largest absolute Gasteiger partial charge is 0.479 e. The Labute approximate surface area is 116 Å². The van der Waals surface area contributed by atoms with Gasteiger partial charge in [0.15, 0.2) is 6.10 Å². The number of fused-ring (bicyclic) bond motifs is 2. The van der Waals surface area contributed by atoms with Crippen molar-refractivity contribution in [1.29, 1.82) is 0 Å². The van der Waals surface area contributed by atoms with E-state index in [0.29, 0.717) is 0 Å². The van der Waals surface area contributed by atoms with E-state index in [1.165, 1.54) is 0 Å². The van der Waals surface area contributed by atoms with Crippen molar-refractivity contribution < 1.29 is 4.74 Å². The predicted octanol–water partition coefficient (Wildman–Crippen LogP) is 3.78. The van der Waals surface area contributed by atoms with E-state index < -0.39 is 0 Å². The van der Waals surface area contributed by atoms with Gasteiger partial charge < -0.3 is 4.74 Å². The Kier molecular flexibility index (Phi) is 2.49. The zero-order valence-corrected chi connectivity index (χ0v) is 10.7. The van der Waals surface area contributed by atoms with Crippen LogP contribution in [0, 0.1) is 0 Å². The Morgan fingerprint density at radius 3 is 2.65 bits per heavy atom. The zero-order valence-electron chi connectivity index (χ0n) is 10.7. The summed E-state index contributed by atoms with van der Waals surface area (Å²) in [4.78, 5) is 9.07. The minimum Gasteiger partial charge on any atom is -0.479 e. The van der Waals surface area contributed by atoms with Crippen LogP contribution in [0.4, 0.5) is 0 Å². The number of para-hydroxylation sites is 3. The third-order valence-electron chi connectivity index (χ3n) is 3.38. The van der Waals surface area contributed by atoms with Gasteiger partial charge in [0.1, 0.15) is 11.4 Å². The molecular weight excluding hydrogens is 248 g/mol. The fourth-order valence-electron chi connectivity index (χ4n) is 2.36. The molecule has 3 nitrogen and oxygen atoms in total. The van der Waals surface area contributed by atoms with Crippen LogP contribution >= 0.6 is 0 Å². The van der Waals surface area contributed by atoms with Crippen molar-refractivity contribution in [2.45, 2.75) is 6.10 Å². The molecular formula is C17H12N2O. The quantitative estimate of drug-likeness (QED) is 0.668. The van der Waals surface area contributed by atoms with Crippen molar-refractivity contribution in [1.82, 2.24) is 9.97 Å². The first-order valence-corrected chi connectivity index (χ1v) is 6.56. The van der Waals surface area contributed by atoms with Gasteiger partial charge >= 0.3 is 0 Å². The van der Waals surface area contributed by atoms with Gasteiger partial charge in [0.2, 0.25) is 0 Å². The monoisotopic (exact) mass is 260 g/mol. The molecule has 1 aliphatic heterocycles. The van der Waals surface area contributed by atoms with Crippen LogP contribution in [0.2, 0.25) is 0 Å². The van der Waals surface area contributed by atoms with Crippen LogP contribution in [-0.2, 0) is 0 Å². The molecule has 2 heterocycles. The summed E-state index contributed by atoms with van der Waals surface area (Å²) in [5.41, 5.74) is 3.71. The first kappa shape index (κ1) is 11.2. The zero-order chi connectivity index (χ0) is 13.4. The number of rotatable bonds is 1. The van der Waals surface area contributed by atoms with Crippen LogP contribution in [0.25, 0.3) is 17.1 Å². The molecule has 0 saturated carbocycles. The molecule has 20 heavy (non-hydrogen) atoms. The topological polar surface area (TPSA) is 35.0 Å².